The monoisotopic (exact) mass is 243 g/mol. The lowest BCUT2D eigenvalue weighted by molar-refractivity contribution is 0.299. The molecule has 0 bridgehead atoms. The quantitative estimate of drug-likeness (QED) is 0.595. The van der Waals surface area contributed by atoms with E-state index in [4.69, 9.17) is 5.26 Å². The molecule has 0 radical (unpaired) electrons. The highest BCUT2D eigenvalue weighted by Crippen LogP contribution is 2.03. The van der Waals surface area contributed by atoms with Gasteiger partial charge in [-0.3, -0.25) is 0 Å². The van der Waals surface area contributed by atoms with Crippen molar-refractivity contribution < 1.29 is 0 Å². The molecule has 0 aliphatic rings. The molecule has 0 aromatic carbocycles. The van der Waals surface area contributed by atoms with Crippen LogP contribution in [-0.2, 0) is 0 Å². The van der Waals surface area contributed by atoms with E-state index in [0.29, 0.717) is 0 Å². The first-order valence-electron chi connectivity index (χ1n) is 6.21. The van der Waals surface area contributed by atoms with Gasteiger partial charge in [-0.05, 0) is 31.0 Å². The molecule has 0 aliphatic heterocycles. The Labute approximate surface area is 105 Å². The minimum atomic E-state index is 0.0228. The van der Waals surface area contributed by atoms with Crippen LogP contribution in [0, 0.1) is 11.3 Å². The van der Waals surface area contributed by atoms with E-state index in [1.54, 1.807) is 0 Å². The third-order valence-corrected chi connectivity index (χ3v) is 3.56. The molecule has 0 spiro atoms. The predicted octanol–water partition coefficient (Wildman–Crippen LogP) is 1.95. The summed E-state index contributed by atoms with van der Waals surface area (Å²) in [6.45, 7) is 10.6. The molecule has 4 heteroatoms. The molecule has 0 saturated carbocycles. The molecule has 0 aromatic heterocycles. The minimum absolute atomic E-state index is 0.0228. The van der Waals surface area contributed by atoms with Crippen LogP contribution in [0.3, 0.4) is 0 Å². The zero-order valence-electron chi connectivity index (χ0n) is 10.8. The van der Waals surface area contributed by atoms with Crippen molar-refractivity contribution in [3.05, 3.63) is 0 Å². The fourth-order valence-corrected chi connectivity index (χ4v) is 2.19. The first-order chi connectivity index (χ1) is 7.78. The topological polar surface area (TPSA) is 39.1 Å². The Bertz CT molecular complexity index is 187. The lowest BCUT2D eigenvalue weighted by Crippen LogP contribution is -2.36. The van der Waals surface area contributed by atoms with Crippen molar-refractivity contribution in [3.63, 3.8) is 0 Å². The van der Waals surface area contributed by atoms with Crippen molar-refractivity contribution in [1.29, 1.82) is 5.26 Å². The Kier molecular flexibility index (Phi) is 11.1. The zero-order chi connectivity index (χ0) is 12.2. The zero-order valence-corrected chi connectivity index (χ0v) is 11.6. The van der Waals surface area contributed by atoms with Gasteiger partial charge in [0.15, 0.2) is 0 Å². The smallest absolute Gasteiger partial charge is 0.0961 e. The molecule has 1 atom stereocenters. The van der Waals surface area contributed by atoms with Crippen molar-refractivity contribution in [3.8, 4) is 6.07 Å². The van der Waals surface area contributed by atoms with Crippen LogP contribution < -0.4 is 5.32 Å². The number of hydrogen-bond acceptors (Lipinski definition) is 4. The fourth-order valence-electron chi connectivity index (χ4n) is 1.49. The molecule has 16 heavy (non-hydrogen) atoms. The van der Waals surface area contributed by atoms with E-state index in [1.807, 2.05) is 11.8 Å². The van der Waals surface area contributed by atoms with Crippen molar-refractivity contribution in [1.82, 2.24) is 10.2 Å². The first kappa shape index (κ1) is 15.8. The van der Waals surface area contributed by atoms with E-state index >= 15 is 0 Å². The van der Waals surface area contributed by atoms with Gasteiger partial charge < -0.3 is 10.2 Å². The van der Waals surface area contributed by atoms with Gasteiger partial charge in [0.1, 0.15) is 0 Å². The summed E-state index contributed by atoms with van der Waals surface area (Å²) in [7, 11) is 0. The normalized spacial score (nSPS) is 12.7. The molecule has 0 saturated heterocycles. The van der Waals surface area contributed by atoms with E-state index in [9.17, 15) is 0 Å². The Morgan fingerprint density at radius 2 is 2.00 bits per heavy atom. The summed E-state index contributed by atoms with van der Waals surface area (Å²) in [5.74, 6) is 2.21. The van der Waals surface area contributed by atoms with Gasteiger partial charge in [-0.2, -0.15) is 17.0 Å². The van der Waals surface area contributed by atoms with Gasteiger partial charge in [0.25, 0.3) is 0 Å². The molecule has 0 aliphatic carbocycles. The Hall–Kier alpha value is -0.240. The van der Waals surface area contributed by atoms with Gasteiger partial charge in [0, 0.05) is 13.1 Å². The summed E-state index contributed by atoms with van der Waals surface area (Å²) in [5.41, 5.74) is 0. The average Bonchev–Trinajstić information content (AvgIpc) is 2.32. The van der Waals surface area contributed by atoms with E-state index in [0.717, 1.165) is 44.1 Å². The molecule has 0 amide bonds. The largest absolute Gasteiger partial charge is 0.303 e. The highest BCUT2D eigenvalue weighted by molar-refractivity contribution is 7.99. The lowest BCUT2D eigenvalue weighted by atomic mass is 10.2. The van der Waals surface area contributed by atoms with Crippen LogP contribution in [0.4, 0.5) is 0 Å². The highest BCUT2D eigenvalue weighted by atomic mass is 32.2. The summed E-state index contributed by atoms with van der Waals surface area (Å²) < 4.78 is 0. The number of likely N-dealkylation sites (N-methyl/N-ethyl adjacent to an activating group) is 1. The maximum atomic E-state index is 8.97. The fraction of sp³-hybridized carbons (Fsp3) is 0.917. The third kappa shape index (κ3) is 7.98. The number of thioether (sulfide) groups is 1. The molecule has 0 aromatic rings. The summed E-state index contributed by atoms with van der Waals surface area (Å²) >= 11 is 1.90. The second-order valence-corrected chi connectivity index (χ2v) is 5.04. The van der Waals surface area contributed by atoms with Crippen molar-refractivity contribution in [2.24, 2.45) is 0 Å². The average molecular weight is 243 g/mol. The van der Waals surface area contributed by atoms with Crippen LogP contribution in [0.1, 0.15) is 27.2 Å². The summed E-state index contributed by atoms with van der Waals surface area (Å²) in [5, 5.41) is 12.3. The maximum absolute atomic E-state index is 8.97. The molecule has 94 valence electrons. The number of rotatable bonds is 10. The summed E-state index contributed by atoms with van der Waals surface area (Å²) in [4.78, 5) is 2.36. The van der Waals surface area contributed by atoms with Crippen LogP contribution in [0.15, 0.2) is 0 Å². The molecule has 0 rings (SSSR count). The molecule has 0 fully saturated rings. The van der Waals surface area contributed by atoms with Gasteiger partial charge in [0.2, 0.25) is 0 Å². The Morgan fingerprint density at radius 1 is 1.31 bits per heavy atom. The van der Waals surface area contributed by atoms with Crippen LogP contribution in [0.25, 0.3) is 0 Å². The van der Waals surface area contributed by atoms with E-state index in [1.165, 1.54) is 0 Å². The van der Waals surface area contributed by atoms with Gasteiger partial charge >= 0.3 is 0 Å². The number of nitrogens with zero attached hydrogens (tertiary/aromatic N) is 2. The Balaban J connectivity index is 3.58. The second kappa shape index (κ2) is 11.3. The number of nitrogens with one attached hydrogen (secondary N) is 1. The van der Waals surface area contributed by atoms with E-state index < -0.39 is 0 Å². The molecule has 1 N–H and O–H groups in total. The van der Waals surface area contributed by atoms with Crippen molar-refractivity contribution in [2.75, 3.05) is 37.7 Å². The first-order valence-corrected chi connectivity index (χ1v) is 7.36. The van der Waals surface area contributed by atoms with Gasteiger partial charge in [-0.25, -0.2) is 0 Å². The lowest BCUT2D eigenvalue weighted by Gasteiger charge is -2.19. The number of hydrogen-bond donors (Lipinski definition) is 1. The maximum Gasteiger partial charge on any atom is 0.0961 e. The van der Waals surface area contributed by atoms with Gasteiger partial charge in [-0.15, -0.1) is 0 Å². The highest BCUT2D eigenvalue weighted by Gasteiger charge is 2.06. The predicted molar refractivity (Wildman–Crippen MR) is 72.8 cm³/mol. The van der Waals surface area contributed by atoms with Crippen molar-refractivity contribution in [2.45, 2.75) is 33.2 Å². The molecular weight excluding hydrogens is 218 g/mol. The van der Waals surface area contributed by atoms with Crippen LogP contribution in [0.5, 0.6) is 0 Å². The summed E-state index contributed by atoms with van der Waals surface area (Å²) in [6, 6.07) is 2.35. The SMILES string of the molecule is CCSCCC(C#N)NCCN(CC)CC. The van der Waals surface area contributed by atoms with Crippen LogP contribution in [0.2, 0.25) is 0 Å². The standard InChI is InChI=1S/C12H25N3S/c1-4-15(5-2)9-8-14-12(11-13)7-10-16-6-3/h12,14H,4-10H2,1-3H3. The van der Waals surface area contributed by atoms with Gasteiger partial charge in [0.05, 0.1) is 12.1 Å². The van der Waals surface area contributed by atoms with Crippen molar-refractivity contribution >= 4 is 11.8 Å². The number of nitriles is 1. The minimum Gasteiger partial charge on any atom is -0.303 e. The third-order valence-electron chi connectivity index (χ3n) is 2.62. The van der Waals surface area contributed by atoms with E-state index in [2.05, 4.69) is 37.1 Å². The van der Waals surface area contributed by atoms with Gasteiger partial charge in [-0.1, -0.05) is 20.8 Å². The van der Waals surface area contributed by atoms with Crippen LogP contribution in [-0.4, -0.2) is 48.6 Å². The molecule has 0 heterocycles. The summed E-state index contributed by atoms with van der Waals surface area (Å²) in [6.07, 6.45) is 0.952. The molecule has 1 unspecified atom stereocenters. The molecular formula is C12H25N3S. The van der Waals surface area contributed by atoms with Crippen LogP contribution >= 0.6 is 11.8 Å². The molecule has 3 nitrogen and oxygen atoms in total. The van der Waals surface area contributed by atoms with E-state index in [-0.39, 0.29) is 6.04 Å². The second-order valence-electron chi connectivity index (χ2n) is 3.65. The Morgan fingerprint density at radius 3 is 2.50 bits per heavy atom.